The zero-order chi connectivity index (χ0) is 20.7. The van der Waals surface area contributed by atoms with E-state index in [1.54, 1.807) is 0 Å². The molecule has 3 aromatic carbocycles. The van der Waals surface area contributed by atoms with Gasteiger partial charge in [0.25, 0.3) is 0 Å². The molecule has 5 rings (SSSR count). The lowest BCUT2D eigenvalue weighted by atomic mass is 9.98. The second kappa shape index (κ2) is 7.31. The zero-order valence-electron chi connectivity index (χ0n) is 17.4. The van der Waals surface area contributed by atoms with Crippen molar-refractivity contribution >= 4 is 11.0 Å². The molecular formula is C28H23NO. The molecule has 2 heterocycles. The fraction of sp³-hybridized carbons (Fsp3) is 0.107. The van der Waals surface area contributed by atoms with E-state index in [0.717, 1.165) is 28.0 Å². The topological polar surface area (TPSA) is 26.0 Å². The van der Waals surface area contributed by atoms with E-state index in [4.69, 9.17) is 9.40 Å². The summed E-state index contributed by atoms with van der Waals surface area (Å²) >= 11 is 0. The van der Waals surface area contributed by atoms with Gasteiger partial charge in [-0.3, -0.25) is 4.98 Å². The van der Waals surface area contributed by atoms with Crippen molar-refractivity contribution in [2.45, 2.75) is 20.8 Å². The maximum absolute atomic E-state index is 6.29. The van der Waals surface area contributed by atoms with Crippen molar-refractivity contribution in [2.75, 3.05) is 0 Å². The maximum Gasteiger partial charge on any atom is 0.138 e. The van der Waals surface area contributed by atoms with Crippen LogP contribution in [0.5, 0.6) is 0 Å². The molecule has 0 radical (unpaired) electrons. The van der Waals surface area contributed by atoms with Gasteiger partial charge >= 0.3 is 0 Å². The first-order valence-electron chi connectivity index (χ1n) is 10.2. The van der Waals surface area contributed by atoms with E-state index < -0.39 is 0 Å². The molecule has 0 aliphatic heterocycles. The number of nitrogens with zero attached hydrogens (tertiary/aromatic N) is 1. The Morgan fingerprint density at radius 2 is 1.37 bits per heavy atom. The van der Waals surface area contributed by atoms with Crippen LogP contribution in [0.25, 0.3) is 44.7 Å². The van der Waals surface area contributed by atoms with E-state index in [9.17, 15) is 0 Å². The highest BCUT2D eigenvalue weighted by molar-refractivity contribution is 5.86. The van der Waals surface area contributed by atoms with Crippen LogP contribution in [0.15, 0.2) is 89.5 Å². The van der Waals surface area contributed by atoms with Crippen LogP contribution in [0.3, 0.4) is 0 Å². The van der Waals surface area contributed by atoms with Gasteiger partial charge in [-0.25, -0.2) is 0 Å². The number of fused-ring (bicyclic) bond motifs is 1. The fourth-order valence-electron chi connectivity index (χ4n) is 4.27. The van der Waals surface area contributed by atoms with E-state index in [-0.39, 0.29) is 0 Å². The van der Waals surface area contributed by atoms with Gasteiger partial charge in [0.05, 0.1) is 5.69 Å². The van der Waals surface area contributed by atoms with E-state index in [1.165, 1.54) is 33.4 Å². The number of furan rings is 1. The molecule has 0 fully saturated rings. The fourth-order valence-corrected chi connectivity index (χ4v) is 4.27. The largest absolute Gasteiger partial charge is 0.456 e. The average Bonchev–Trinajstić information content (AvgIpc) is 3.16. The molecule has 2 heteroatoms. The third-order valence-electron chi connectivity index (χ3n) is 5.59. The van der Waals surface area contributed by atoms with Gasteiger partial charge in [-0.15, -0.1) is 0 Å². The van der Waals surface area contributed by atoms with Crippen molar-refractivity contribution < 1.29 is 4.42 Å². The Hall–Kier alpha value is -3.65. The lowest BCUT2D eigenvalue weighted by molar-refractivity contribution is 0.630. The van der Waals surface area contributed by atoms with E-state index in [0.29, 0.717) is 0 Å². The van der Waals surface area contributed by atoms with E-state index in [2.05, 4.69) is 87.5 Å². The maximum atomic E-state index is 6.29. The molecule has 30 heavy (non-hydrogen) atoms. The molecule has 2 aromatic heterocycles. The Labute approximate surface area is 176 Å². The van der Waals surface area contributed by atoms with Crippen LogP contribution in [0, 0.1) is 20.8 Å². The van der Waals surface area contributed by atoms with Gasteiger partial charge < -0.3 is 4.42 Å². The average molecular weight is 389 g/mol. The molecule has 2 nitrogen and oxygen atoms in total. The van der Waals surface area contributed by atoms with Crippen LogP contribution in [0.4, 0.5) is 0 Å². The number of aryl methyl sites for hydroxylation is 3. The van der Waals surface area contributed by atoms with Crippen LogP contribution >= 0.6 is 0 Å². The minimum Gasteiger partial charge on any atom is -0.456 e. The third-order valence-corrected chi connectivity index (χ3v) is 5.59. The number of hydrogen-bond acceptors (Lipinski definition) is 2. The zero-order valence-corrected chi connectivity index (χ0v) is 17.4. The van der Waals surface area contributed by atoms with Gasteiger partial charge in [-0.05, 0) is 55.2 Å². The Morgan fingerprint density at radius 3 is 2.13 bits per heavy atom. The summed E-state index contributed by atoms with van der Waals surface area (Å²) in [6, 6.07) is 27.4. The molecule has 0 aliphatic carbocycles. The summed E-state index contributed by atoms with van der Waals surface area (Å²) in [6.07, 6.45) is 1.91. The lowest BCUT2D eigenvalue weighted by Gasteiger charge is -2.08. The molecule has 0 saturated carbocycles. The smallest absolute Gasteiger partial charge is 0.138 e. The predicted octanol–water partition coefficient (Wildman–Crippen LogP) is 7.75. The highest BCUT2D eigenvalue weighted by atomic mass is 16.3. The second-order valence-electron chi connectivity index (χ2n) is 7.94. The molecule has 146 valence electrons. The SMILES string of the molecule is Cc1cc(C)c(-c2cc3cnc(-c4cccc(-c5ccccc5)c4)cc3o2)c(C)c1. The Morgan fingerprint density at radius 1 is 0.667 bits per heavy atom. The van der Waals surface area contributed by atoms with Crippen LogP contribution in [-0.4, -0.2) is 4.98 Å². The molecule has 5 aromatic rings. The predicted molar refractivity (Wildman–Crippen MR) is 125 cm³/mol. The van der Waals surface area contributed by atoms with Crippen LogP contribution < -0.4 is 0 Å². The molecule has 0 aliphatic rings. The molecule has 0 amide bonds. The summed E-state index contributed by atoms with van der Waals surface area (Å²) in [5, 5.41) is 1.02. The minimum atomic E-state index is 0.861. The van der Waals surface area contributed by atoms with Gasteiger partial charge in [0.1, 0.15) is 11.3 Å². The quantitative estimate of drug-likeness (QED) is 0.315. The van der Waals surface area contributed by atoms with Crippen molar-refractivity contribution in [1.82, 2.24) is 4.98 Å². The number of aromatic nitrogens is 1. The monoisotopic (exact) mass is 389 g/mol. The molecule has 0 bridgehead atoms. The van der Waals surface area contributed by atoms with Crippen LogP contribution in [0.2, 0.25) is 0 Å². The molecular weight excluding hydrogens is 366 g/mol. The summed E-state index contributed by atoms with van der Waals surface area (Å²) in [7, 11) is 0. The number of pyridine rings is 1. The highest BCUT2D eigenvalue weighted by Gasteiger charge is 2.13. The third kappa shape index (κ3) is 3.31. The van der Waals surface area contributed by atoms with Gasteiger partial charge in [0, 0.05) is 28.8 Å². The van der Waals surface area contributed by atoms with Crippen molar-refractivity contribution in [3.63, 3.8) is 0 Å². The molecule has 0 saturated heterocycles. The van der Waals surface area contributed by atoms with Crippen molar-refractivity contribution in [2.24, 2.45) is 0 Å². The molecule has 0 N–H and O–H groups in total. The van der Waals surface area contributed by atoms with Gasteiger partial charge in [-0.1, -0.05) is 66.2 Å². The van der Waals surface area contributed by atoms with E-state index >= 15 is 0 Å². The number of hydrogen-bond donors (Lipinski definition) is 0. The van der Waals surface area contributed by atoms with Gasteiger partial charge in [-0.2, -0.15) is 0 Å². The molecule has 0 atom stereocenters. The summed E-state index contributed by atoms with van der Waals surface area (Å²) < 4.78 is 6.29. The van der Waals surface area contributed by atoms with Crippen molar-refractivity contribution in [1.29, 1.82) is 0 Å². The highest BCUT2D eigenvalue weighted by Crippen LogP contribution is 2.34. The van der Waals surface area contributed by atoms with Gasteiger partial charge in [0.15, 0.2) is 0 Å². The summed E-state index contributed by atoms with van der Waals surface area (Å²) in [4.78, 5) is 4.72. The van der Waals surface area contributed by atoms with Crippen LogP contribution in [-0.2, 0) is 0 Å². The summed E-state index contributed by atoms with van der Waals surface area (Å²) in [5.41, 5.74) is 10.1. The first-order valence-corrected chi connectivity index (χ1v) is 10.2. The van der Waals surface area contributed by atoms with E-state index in [1.807, 2.05) is 18.3 Å². The van der Waals surface area contributed by atoms with Gasteiger partial charge in [0.2, 0.25) is 0 Å². The lowest BCUT2D eigenvalue weighted by Crippen LogP contribution is -1.88. The summed E-state index contributed by atoms with van der Waals surface area (Å²) in [6.45, 7) is 6.41. The standard InChI is InChI=1S/C28H23NO/c1-18-12-19(2)28(20(3)13-18)27-15-24-17-29-25(16-26(24)30-27)23-11-7-10-22(14-23)21-8-5-4-6-9-21/h4-17H,1-3H3. The van der Waals surface area contributed by atoms with Crippen molar-refractivity contribution in [3.05, 3.63) is 102 Å². The van der Waals surface area contributed by atoms with Crippen LogP contribution in [0.1, 0.15) is 16.7 Å². The molecule has 0 unspecified atom stereocenters. The summed E-state index contributed by atoms with van der Waals surface area (Å²) in [5.74, 6) is 0.900. The Kier molecular flexibility index (Phi) is 4.48. The van der Waals surface area contributed by atoms with Crippen molar-refractivity contribution in [3.8, 4) is 33.7 Å². The minimum absolute atomic E-state index is 0.861. The second-order valence-corrected chi connectivity index (χ2v) is 7.94. The first-order chi connectivity index (χ1) is 14.6. The number of benzene rings is 3. The Bertz CT molecular complexity index is 1340. The molecule has 0 spiro atoms. The Balaban J connectivity index is 1.57. The normalized spacial score (nSPS) is 11.2. The number of rotatable bonds is 3. The first kappa shape index (κ1) is 18.4.